The first-order valence-electron chi connectivity index (χ1n) is 8.44. The van der Waals surface area contributed by atoms with E-state index in [-0.39, 0.29) is 5.91 Å². The van der Waals surface area contributed by atoms with Crippen LogP contribution in [-0.2, 0) is 4.74 Å². The summed E-state index contributed by atoms with van der Waals surface area (Å²) >= 11 is 6.46. The van der Waals surface area contributed by atoms with E-state index in [1.807, 2.05) is 0 Å². The van der Waals surface area contributed by atoms with E-state index in [0.29, 0.717) is 42.3 Å². The summed E-state index contributed by atoms with van der Waals surface area (Å²) < 4.78 is 5.29. The number of amides is 1. The zero-order valence-electron chi connectivity index (χ0n) is 13.3. The molecule has 0 N–H and O–H groups in total. The standard InChI is InChI=1S/C17H22ClN3O2/c18-14-10-13(16(22)20-6-8-23-9-7-20)11-19-15(14)21-5-1-2-17(12-21)3-4-17/h10-11H,1-9,12H2. The number of halogens is 1. The van der Waals surface area contributed by atoms with Crippen LogP contribution in [0.25, 0.3) is 0 Å². The summed E-state index contributed by atoms with van der Waals surface area (Å²) in [6, 6.07) is 1.77. The van der Waals surface area contributed by atoms with Gasteiger partial charge in [0.15, 0.2) is 0 Å². The van der Waals surface area contributed by atoms with Gasteiger partial charge in [-0.2, -0.15) is 0 Å². The lowest BCUT2D eigenvalue weighted by Crippen LogP contribution is -2.41. The van der Waals surface area contributed by atoms with Crippen LogP contribution in [-0.4, -0.2) is 55.2 Å². The highest BCUT2D eigenvalue weighted by molar-refractivity contribution is 6.33. The molecule has 2 saturated heterocycles. The Kier molecular flexibility index (Phi) is 3.93. The molecule has 0 atom stereocenters. The zero-order chi connectivity index (χ0) is 15.9. The summed E-state index contributed by atoms with van der Waals surface area (Å²) in [7, 11) is 0. The van der Waals surface area contributed by atoms with Crippen LogP contribution in [0.5, 0.6) is 0 Å². The maximum Gasteiger partial charge on any atom is 0.255 e. The second-order valence-corrected chi connectivity index (χ2v) is 7.37. The predicted octanol–water partition coefficient (Wildman–Crippen LogP) is 2.59. The van der Waals surface area contributed by atoms with Gasteiger partial charge in [0.05, 0.1) is 23.8 Å². The minimum atomic E-state index is -0.00782. The van der Waals surface area contributed by atoms with E-state index in [1.165, 1.54) is 25.7 Å². The van der Waals surface area contributed by atoms with E-state index in [0.717, 1.165) is 18.9 Å². The van der Waals surface area contributed by atoms with Gasteiger partial charge in [-0.15, -0.1) is 0 Å². The quantitative estimate of drug-likeness (QED) is 0.833. The van der Waals surface area contributed by atoms with Crippen LogP contribution < -0.4 is 4.90 Å². The predicted molar refractivity (Wildman–Crippen MR) is 89.1 cm³/mol. The summed E-state index contributed by atoms with van der Waals surface area (Å²) in [4.78, 5) is 21.1. The number of piperidine rings is 1. The summed E-state index contributed by atoms with van der Waals surface area (Å²) in [6.07, 6.45) is 6.86. The van der Waals surface area contributed by atoms with Crippen LogP contribution in [0, 0.1) is 5.41 Å². The number of aromatic nitrogens is 1. The molecule has 5 nitrogen and oxygen atoms in total. The van der Waals surface area contributed by atoms with Gasteiger partial charge in [0.25, 0.3) is 5.91 Å². The second kappa shape index (κ2) is 5.95. The fourth-order valence-electron chi connectivity index (χ4n) is 3.70. The lowest BCUT2D eigenvalue weighted by Gasteiger charge is -2.34. The molecule has 3 aliphatic rings. The number of morpholine rings is 1. The molecule has 1 aromatic heterocycles. The van der Waals surface area contributed by atoms with E-state index in [9.17, 15) is 4.79 Å². The first-order chi connectivity index (χ1) is 11.2. The molecular weight excluding hydrogens is 314 g/mol. The van der Waals surface area contributed by atoms with Gasteiger partial charge in [0, 0.05) is 32.4 Å². The van der Waals surface area contributed by atoms with E-state index >= 15 is 0 Å². The molecule has 1 amide bonds. The van der Waals surface area contributed by atoms with E-state index in [2.05, 4.69) is 9.88 Å². The van der Waals surface area contributed by atoms with Crippen molar-refractivity contribution in [2.45, 2.75) is 25.7 Å². The number of rotatable bonds is 2. The van der Waals surface area contributed by atoms with Crippen molar-refractivity contribution < 1.29 is 9.53 Å². The van der Waals surface area contributed by atoms with Crippen LogP contribution in [0.3, 0.4) is 0 Å². The molecule has 1 saturated carbocycles. The Hall–Kier alpha value is -1.33. The van der Waals surface area contributed by atoms with Gasteiger partial charge in [-0.05, 0) is 37.2 Å². The van der Waals surface area contributed by atoms with Gasteiger partial charge in [-0.1, -0.05) is 11.6 Å². The molecule has 6 heteroatoms. The Morgan fingerprint density at radius 3 is 2.70 bits per heavy atom. The highest BCUT2D eigenvalue weighted by Gasteiger charge is 2.45. The Balaban J connectivity index is 1.51. The molecular formula is C17H22ClN3O2. The molecule has 124 valence electrons. The van der Waals surface area contributed by atoms with E-state index in [1.54, 1.807) is 17.2 Å². The summed E-state index contributed by atoms with van der Waals surface area (Å²) in [6.45, 7) is 4.52. The van der Waals surface area contributed by atoms with Crippen LogP contribution in [0.15, 0.2) is 12.3 Å². The first kappa shape index (κ1) is 15.2. The largest absolute Gasteiger partial charge is 0.378 e. The second-order valence-electron chi connectivity index (χ2n) is 6.96. The maximum atomic E-state index is 12.5. The summed E-state index contributed by atoms with van der Waals surface area (Å²) in [5.74, 6) is 0.822. The Labute approximate surface area is 141 Å². The summed E-state index contributed by atoms with van der Waals surface area (Å²) in [5.41, 5.74) is 1.09. The number of hydrogen-bond donors (Lipinski definition) is 0. The third-order valence-corrected chi connectivity index (χ3v) is 5.56. The minimum absolute atomic E-state index is 0.00782. The molecule has 1 spiro atoms. The smallest absolute Gasteiger partial charge is 0.255 e. The lowest BCUT2D eigenvalue weighted by molar-refractivity contribution is 0.0302. The lowest BCUT2D eigenvalue weighted by atomic mass is 9.95. The fraction of sp³-hybridized carbons (Fsp3) is 0.647. The fourth-order valence-corrected chi connectivity index (χ4v) is 3.99. The topological polar surface area (TPSA) is 45.7 Å². The van der Waals surface area contributed by atoms with Gasteiger partial charge in [-0.25, -0.2) is 4.98 Å². The van der Waals surface area contributed by atoms with Gasteiger partial charge in [0.2, 0.25) is 0 Å². The van der Waals surface area contributed by atoms with Crippen molar-refractivity contribution in [1.82, 2.24) is 9.88 Å². The first-order valence-corrected chi connectivity index (χ1v) is 8.82. The van der Waals surface area contributed by atoms with Crippen molar-refractivity contribution in [2.75, 3.05) is 44.3 Å². The third kappa shape index (κ3) is 3.04. The number of hydrogen-bond acceptors (Lipinski definition) is 4. The van der Waals surface area contributed by atoms with Gasteiger partial charge >= 0.3 is 0 Å². The molecule has 0 unspecified atom stereocenters. The molecule has 2 aliphatic heterocycles. The Morgan fingerprint density at radius 2 is 2.00 bits per heavy atom. The molecule has 4 rings (SSSR count). The maximum absolute atomic E-state index is 12.5. The van der Waals surface area contributed by atoms with E-state index < -0.39 is 0 Å². The van der Waals surface area contributed by atoms with Crippen LogP contribution >= 0.6 is 11.6 Å². The SMILES string of the molecule is O=C(c1cnc(N2CCCC3(CC3)C2)c(Cl)c1)N1CCOCC1. The van der Waals surface area contributed by atoms with Crippen LogP contribution in [0.4, 0.5) is 5.82 Å². The molecule has 3 heterocycles. The number of nitrogens with zero attached hydrogens (tertiary/aromatic N) is 3. The van der Waals surface area contributed by atoms with E-state index in [4.69, 9.17) is 16.3 Å². The average Bonchev–Trinajstić information content (AvgIpc) is 3.33. The summed E-state index contributed by atoms with van der Waals surface area (Å²) in [5, 5.41) is 0.585. The van der Waals surface area contributed by atoms with Gasteiger partial charge < -0.3 is 14.5 Å². The van der Waals surface area contributed by atoms with Crippen molar-refractivity contribution in [3.63, 3.8) is 0 Å². The number of anilines is 1. The van der Waals surface area contributed by atoms with Crippen LogP contribution in [0.1, 0.15) is 36.0 Å². The highest BCUT2D eigenvalue weighted by Crippen LogP contribution is 2.52. The zero-order valence-corrected chi connectivity index (χ0v) is 14.0. The van der Waals surface area contributed by atoms with Crippen molar-refractivity contribution >= 4 is 23.3 Å². The van der Waals surface area contributed by atoms with Crippen molar-refractivity contribution in [1.29, 1.82) is 0 Å². The molecule has 23 heavy (non-hydrogen) atoms. The molecule has 3 fully saturated rings. The number of carbonyl (C=O) groups excluding carboxylic acids is 1. The third-order valence-electron chi connectivity index (χ3n) is 5.29. The highest BCUT2D eigenvalue weighted by atomic mass is 35.5. The Bertz CT molecular complexity index is 612. The Morgan fingerprint density at radius 1 is 1.22 bits per heavy atom. The number of ether oxygens (including phenoxy) is 1. The molecule has 1 aliphatic carbocycles. The number of carbonyl (C=O) groups is 1. The van der Waals surface area contributed by atoms with Gasteiger partial charge in [-0.3, -0.25) is 4.79 Å². The van der Waals surface area contributed by atoms with Gasteiger partial charge in [0.1, 0.15) is 5.82 Å². The van der Waals surface area contributed by atoms with Crippen molar-refractivity contribution in [2.24, 2.45) is 5.41 Å². The molecule has 0 radical (unpaired) electrons. The van der Waals surface area contributed by atoms with Crippen molar-refractivity contribution in [3.05, 3.63) is 22.8 Å². The molecule has 0 bridgehead atoms. The number of pyridine rings is 1. The normalized spacial score (nSPS) is 23.2. The minimum Gasteiger partial charge on any atom is -0.378 e. The average molecular weight is 336 g/mol. The van der Waals surface area contributed by atoms with Crippen LogP contribution in [0.2, 0.25) is 5.02 Å². The monoisotopic (exact) mass is 335 g/mol. The molecule has 1 aromatic rings. The van der Waals surface area contributed by atoms with Crippen molar-refractivity contribution in [3.8, 4) is 0 Å². The molecule has 0 aromatic carbocycles.